The highest BCUT2D eigenvalue weighted by Crippen LogP contribution is 2.13. The Labute approximate surface area is 86.2 Å². The molecule has 0 aliphatic rings. The van der Waals surface area contributed by atoms with Crippen molar-refractivity contribution in [1.82, 2.24) is 0 Å². The molecular formula is C13H17N. The fraction of sp³-hybridized carbons (Fsp3) is 0.231. The first-order valence-electron chi connectivity index (χ1n) is 4.92. The van der Waals surface area contributed by atoms with Crippen molar-refractivity contribution >= 4 is 5.69 Å². The molecule has 1 nitrogen and oxygen atoms in total. The molecule has 0 aliphatic carbocycles. The average Bonchev–Trinajstić information content (AvgIpc) is 2.19. The summed E-state index contributed by atoms with van der Waals surface area (Å²) >= 11 is 0. The van der Waals surface area contributed by atoms with Crippen molar-refractivity contribution in [2.45, 2.75) is 20.3 Å². The molecule has 0 unspecified atom stereocenters. The summed E-state index contributed by atoms with van der Waals surface area (Å²) in [5.41, 5.74) is 3.26. The van der Waals surface area contributed by atoms with Crippen LogP contribution < -0.4 is 5.32 Å². The van der Waals surface area contributed by atoms with Crippen LogP contribution >= 0.6 is 0 Å². The Bertz CT molecular complexity index is 322. The van der Waals surface area contributed by atoms with Gasteiger partial charge in [0.2, 0.25) is 0 Å². The molecule has 1 aromatic rings. The van der Waals surface area contributed by atoms with E-state index in [1.165, 1.54) is 5.57 Å². The molecule has 0 bridgehead atoms. The van der Waals surface area contributed by atoms with Gasteiger partial charge in [-0.2, -0.15) is 0 Å². The van der Waals surface area contributed by atoms with E-state index in [2.05, 4.69) is 31.8 Å². The minimum absolute atomic E-state index is 0.970. The first kappa shape index (κ1) is 10.6. The second-order valence-electron chi connectivity index (χ2n) is 3.26. The number of para-hydroxylation sites is 1. The normalized spacial score (nSPS) is 11.1. The quantitative estimate of drug-likeness (QED) is 0.703. The molecule has 14 heavy (non-hydrogen) atoms. The fourth-order valence-electron chi connectivity index (χ4n) is 1.22. The van der Waals surface area contributed by atoms with Gasteiger partial charge in [0.1, 0.15) is 0 Å². The molecule has 1 heteroatoms. The van der Waals surface area contributed by atoms with Crippen LogP contribution in [0.4, 0.5) is 5.69 Å². The maximum atomic E-state index is 3.99. The molecule has 0 spiro atoms. The number of nitrogens with one attached hydrogen (secondary N) is 1. The largest absolute Gasteiger partial charge is 0.356 e. The van der Waals surface area contributed by atoms with Gasteiger partial charge < -0.3 is 5.32 Å². The molecule has 74 valence electrons. The number of benzene rings is 1. The molecule has 1 aromatic carbocycles. The van der Waals surface area contributed by atoms with E-state index in [-0.39, 0.29) is 0 Å². The van der Waals surface area contributed by atoms with Crippen LogP contribution in [-0.2, 0) is 0 Å². The summed E-state index contributed by atoms with van der Waals surface area (Å²) in [5, 5.41) is 3.26. The first-order valence-corrected chi connectivity index (χ1v) is 4.92. The second-order valence-corrected chi connectivity index (χ2v) is 3.26. The van der Waals surface area contributed by atoms with Crippen LogP contribution in [0, 0.1) is 0 Å². The highest BCUT2D eigenvalue weighted by Gasteiger charge is 1.95. The zero-order valence-corrected chi connectivity index (χ0v) is 8.88. The molecule has 0 aliphatic heterocycles. The lowest BCUT2D eigenvalue weighted by Crippen LogP contribution is -1.98. The van der Waals surface area contributed by atoms with Gasteiger partial charge in [-0.1, -0.05) is 37.8 Å². The summed E-state index contributed by atoms with van der Waals surface area (Å²) in [6, 6.07) is 10.1. The number of anilines is 1. The summed E-state index contributed by atoms with van der Waals surface area (Å²) in [4.78, 5) is 0. The van der Waals surface area contributed by atoms with Gasteiger partial charge in [0, 0.05) is 11.4 Å². The first-order chi connectivity index (χ1) is 6.74. The topological polar surface area (TPSA) is 12.0 Å². The van der Waals surface area contributed by atoms with Crippen LogP contribution in [0.3, 0.4) is 0 Å². The van der Waals surface area contributed by atoms with Gasteiger partial charge in [0.25, 0.3) is 0 Å². The highest BCUT2D eigenvalue weighted by molar-refractivity contribution is 5.51. The van der Waals surface area contributed by atoms with Crippen molar-refractivity contribution in [3.63, 3.8) is 0 Å². The van der Waals surface area contributed by atoms with E-state index >= 15 is 0 Å². The molecule has 1 N–H and O–H groups in total. The van der Waals surface area contributed by atoms with Crippen molar-refractivity contribution in [2.24, 2.45) is 0 Å². The van der Waals surface area contributed by atoms with Gasteiger partial charge in [-0.25, -0.2) is 0 Å². The van der Waals surface area contributed by atoms with Crippen molar-refractivity contribution in [1.29, 1.82) is 0 Å². The smallest absolute Gasteiger partial charge is 0.0384 e. The maximum Gasteiger partial charge on any atom is 0.0384 e. The van der Waals surface area contributed by atoms with E-state index in [9.17, 15) is 0 Å². The van der Waals surface area contributed by atoms with Gasteiger partial charge in [-0.3, -0.25) is 0 Å². The van der Waals surface area contributed by atoms with Crippen LogP contribution in [0.5, 0.6) is 0 Å². The molecule has 0 saturated heterocycles. The zero-order chi connectivity index (χ0) is 10.4. The molecule has 0 amide bonds. The molecule has 0 heterocycles. The number of rotatable bonds is 4. The maximum absolute atomic E-state index is 3.99. The lowest BCUT2D eigenvalue weighted by molar-refractivity contribution is 1.18. The summed E-state index contributed by atoms with van der Waals surface area (Å²) in [7, 11) is 0. The van der Waals surface area contributed by atoms with Crippen LogP contribution in [0.15, 0.2) is 54.3 Å². The minimum Gasteiger partial charge on any atom is -0.356 e. The number of hydrogen-bond donors (Lipinski definition) is 1. The summed E-state index contributed by atoms with van der Waals surface area (Å²) < 4.78 is 0. The molecule has 1 rings (SSSR count). The molecule has 0 atom stereocenters. The third-order valence-electron chi connectivity index (χ3n) is 2.06. The average molecular weight is 187 g/mol. The van der Waals surface area contributed by atoms with Crippen LogP contribution in [0.25, 0.3) is 0 Å². The molecule has 0 saturated carbocycles. The zero-order valence-electron chi connectivity index (χ0n) is 8.88. The van der Waals surface area contributed by atoms with E-state index in [0.717, 1.165) is 17.8 Å². The molecule has 0 radical (unpaired) electrons. The van der Waals surface area contributed by atoms with E-state index in [0.29, 0.717) is 0 Å². The van der Waals surface area contributed by atoms with Gasteiger partial charge in [-0.05, 0) is 31.1 Å². The van der Waals surface area contributed by atoms with E-state index in [4.69, 9.17) is 0 Å². The van der Waals surface area contributed by atoms with Gasteiger partial charge >= 0.3 is 0 Å². The lowest BCUT2D eigenvalue weighted by Gasteiger charge is -2.09. The van der Waals surface area contributed by atoms with Crippen molar-refractivity contribution < 1.29 is 0 Å². The summed E-state index contributed by atoms with van der Waals surface area (Å²) in [6.07, 6.45) is 3.21. The number of hydrogen-bond acceptors (Lipinski definition) is 1. The van der Waals surface area contributed by atoms with Crippen molar-refractivity contribution in [2.75, 3.05) is 5.32 Å². The van der Waals surface area contributed by atoms with E-state index in [1.807, 2.05) is 30.3 Å². The van der Waals surface area contributed by atoms with Gasteiger partial charge in [-0.15, -0.1) is 0 Å². The summed E-state index contributed by atoms with van der Waals surface area (Å²) in [5.74, 6) is 0. The summed E-state index contributed by atoms with van der Waals surface area (Å²) in [6.45, 7) is 8.18. The van der Waals surface area contributed by atoms with Crippen LogP contribution in [-0.4, -0.2) is 0 Å². The number of allylic oxidation sites excluding steroid dienone is 2. The Morgan fingerprint density at radius 1 is 1.36 bits per heavy atom. The van der Waals surface area contributed by atoms with Crippen molar-refractivity contribution in [3.8, 4) is 0 Å². The Hall–Kier alpha value is -1.50. The molecule has 0 fully saturated rings. The minimum atomic E-state index is 0.970. The van der Waals surface area contributed by atoms with E-state index < -0.39 is 0 Å². The Morgan fingerprint density at radius 3 is 2.57 bits per heavy atom. The van der Waals surface area contributed by atoms with Crippen LogP contribution in [0.1, 0.15) is 20.3 Å². The SMILES string of the molecule is C=C(Nc1ccccc1)C(C)=CCC. The fourth-order valence-corrected chi connectivity index (χ4v) is 1.22. The predicted molar refractivity (Wildman–Crippen MR) is 63.3 cm³/mol. The molecular weight excluding hydrogens is 170 g/mol. The second kappa shape index (κ2) is 5.28. The van der Waals surface area contributed by atoms with Crippen LogP contribution in [0.2, 0.25) is 0 Å². The predicted octanol–water partition coefficient (Wildman–Crippen LogP) is 3.97. The Kier molecular flexibility index (Phi) is 3.99. The Balaban J connectivity index is 2.62. The third kappa shape index (κ3) is 3.09. The van der Waals surface area contributed by atoms with E-state index in [1.54, 1.807) is 0 Å². The monoisotopic (exact) mass is 187 g/mol. The van der Waals surface area contributed by atoms with Gasteiger partial charge in [0.05, 0.1) is 0 Å². The van der Waals surface area contributed by atoms with Crippen molar-refractivity contribution in [3.05, 3.63) is 54.3 Å². The molecule has 0 aromatic heterocycles. The van der Waals surface area contributed by atoms with Gasteiger partial charge in [0.15, 0.2) is 0 Å². The lowest BCUT2D eigenvalue weighted by atomic mass is 10.2. The standard InChI is InChI=1S/C13H17N/c1-4-8-11(2)12(3)14-13-9-6-5-7-10-13/h5-10,14H,3-4H2,1-2H3. The third-order valence-corrected chi connectivity index (χ3v) is 2.06. The Morgan fingerprint density at radius 2 is 2.00 bits per heavy atom. The highest BCUT2D eigenvalue weighted by atomic mass is 14.9.